The van der Waals surface area contributed by atoms with Crippen LogP contribution in [0.25, 0.3) is 0 Å². The predicted molar refractivity (Wildman–Crippen MR) is 21.2 cm³/mol. The van der Waals surface area contributed by atoms with E-state index >= 15 is 0 Å². The van der Waals surface area contributed by atoms with Crippen LogP contribution in [0, 0.1) is 12.5 Å². The molecule has 0 aliphatic heterocycles. The minimum absolute atomic E-state index is 0.315. The number of nitrogens with zero attached hydrogens (tertiary/aromatic N) is 1. The van der Waals surface area contributed by atoms with Gasteiger partial charge in [-0.1, -0.05) is 0 Å². The van der Waals surface area contributed by atoms with Crippen molar-refractivity contribution < 1.29 is 8.78 Å². The molecule has 0 unspecified atom stereocenters. The number of aromatic nitrogens is 2. The van der Waals surface area contributed by atoms with Gasteiger partial charge in [0.2, 0.25) is 0 Å². The molecule has 4 heteroatoms. The van der Waals surface area contributed by atoms with Gasteiger partial charge in [-0.15, -0.1) is 0 Å². The molecular weight excluding hydrogens is 114 g/mol. The first-order chi connectivity index (χ1) is 3.80. The summed E-state index contributed by atoms with van der Waals surface area (Å²) in [7, 11) is 0. The van der Waals surface area contributed by atoms with Crippen LogP contribution in [0.5, 0.6) is 0 Å². The Morgan fingerprint density at radius 2 is 2.38 bits per heavy atom. The van der Waals surface area contributed by atoms with E-state index in [2.05, 4.69) is 16.3 Å². The highest BCUT2D eigenvalue weighted by molar-refractivity contribution is 4.91. The molecule has 0 aromatic carbocycles. The third-order valence-electron chi connectivity index (χ3n) is 0.641. The molecule has 2 radical (unpaired) electrons. The number of hydrogen-bond donors (Lipinski definition) is 1. The summed E-state index contributed by atoms with van der Waals surface area (Å²) in [6.07, 6.45) is 1.61. The van der Waals surface area contributed by atoms with Crippen molar-refractivity contribution >= 4 is 0 Å². The third kappa shape index (κ3) is 0.828. The Bertz CT molecular complexity index is 147. The molecule has 0 saturated heterocycles. The highest BCUT2D eigenvalue weighted by atomic mass is 19.3. The number of halogens is 2. The molecule has 1 N–H and O–H groups in total. The second-order valence-electron chi connectivity index (χ2n) is 1.17. The maximum absolute atomic E-state index is 11.5. The van der Waals surface area contributed by atoms with E-state index in [9.17, 15) is 8.78 Å². The SMILES string of the molecule is FC(F)c1[c]n[c][nH]1. The van der Waals surface area contributed by atoms with Crippen molar-refractivity contribution in [3.05, 3.63) is 18.2 Å². The number of H-pyrrole nitrogens is 1. The van der Waals surface area contributed by atoms with Gasteiger partial charge >= 0.3 is 0 Å². The molecule has 0 bridgehead atoms. The van der Waals surface area contributed by atoms with Crippen molar-refractivity contribution in [2.75, 3.05) is 0 Å². The Morgan fingerprint density at radius 3 is 2.62 bits per heavy atom. The van der Waals surface area contributed by atoms with Crippen LogP contribution in [0.1, 0.15) is 12.1 Å². The van der Waals surface area contributed by atoms with Gasteiger partial charge < -0.3 is 4.98 Å². The summed E-state index contributed by atoms with van der Waals surface area (Å²) in [4.78, 5) is 5.25. The Hall–Kier alpha value is -0.930. The van der Waals surface area contributed by atoms with Crippen LogP contribution in [0.4, 0.5) is 8.78 Å². The zero-order valence-electron chi connectivity index (χ0n) is 3.78. The standard InChI is InChI=1S/C4H2F2N2/c5-4(6)3-1-7-2-8-3/h4H,(H,7,8). The highest BCUT2D eigenvalue weighted by Crippen LogP contribution is 2.12. The minimum Gasteiger partial charge on any atom is -0.334 e. The number of hydrogen-bond acceptors (Lipinski definition) is 1. The maximum Gasteiger partial charge on any atom is 0.280 e. The minimum atomic E-state index is -2.52. The molecular formula is C4H2F2N2. The Balaban J connectivity index is 2.77. The van der Waals surface area contributed by atoms with Crippen LogP contribution in [-0.2, 0) is 0 Å². The van der Waals surface area contributed by atoms with E-state index in [0.717, 1.165) is 0 Å². The van der Waals surface area contributed by atoms with Crippen molar-refractivity contribution in [2.24, 2.45) is 0 Å². The lowest BCUT2D eigenvalue weighted by Gasteiger charge is -1.86. The van der Waals surface area contributed by atoms with Gasteiger partial charge in [-0.05, 0) is 0 Å². The molecule has 0 atom stereocenters. The van der Waals surface area contributed by atoms with Crippen molar-refractivity contribution in [1.82, 2.24) is 9.97 Å². The quantitative estimate of drug-likeness (QED) is 0.581. The number of alkyl halides is 2. The molecule has 0 fully saturated rings. The van der Waals surface area contributed by atoms with Gasteiger partial charge in [0.1, 0.15) is 11.9 Å². The second kappa shape index (κ2) is 1.90. The number of nitrogens with one attached hydrogen (secondary N) is 1. The molecule has 42 valence electrons. The van der Waals surface area contributed by atoms with E-state index in [0.29, 0.717) is 0 Å². The van der Waals surface area contributed by atoms with Crippen LogP contribution in [-0.4, -0.2) is 9.97 Å². The zero-order chi connectivity index (χ0) is 5.98. The molecule has 1 heterocycles. The van der Waals surface area contributed by atoms with Gasteiger partial charge in [0.25, 0.3) is 6.43 Å². The Kier molecular flexibility index (Phi) is 1.24. The van der Waals surface area contributed by atoms with E-state index in [1.54, 1.807) is 0 Å². The summed E-state index contributed by atoms with van der Waals surface area (Å²) in [6, 6.07) is 0. The number of aromatic amines is 1. The summed E-state index contributed by atoms with van der Waals surface area (Å²) in [5.74, 6) is 0. The van der Waals surface area contributed by atoms with Gasteiger partial charge in [-0.25, -0.2) is 13.8 Å². The third-order valence-corrected chi connectivity index (χ3v) is 0.641. The molecule has 8 heavy (non-hydrogen) atoms. The van der Waals surface area contributed by atoms with Gasteiger partial charge in [-0.2, -0.15) is 0 Å². The normalized spacial score (nSPS) is 10.4. The summed E-state index contributed by atoms with van der Waals surface area (Å²) >= 11 is 0. The topological polar surface area (TPSA) is 28.7 Å². The summed E-state index contributed by atoms with van der Waals surface area (Å²) in [5, 5.41) is 0. The Morgan fingerprint density at radius 1 is 1.62 bits per heavy atom. The van der Waals surface area contributed by atoms with Crippen LogP contribution >= 0.6 is 0 Å². The Labute approximate surface area is 44.6 Å². The molecule has 2 nitrogen and oxygen atoms in total. The average Bonchev–Trinajstić information content (AvgIpc) is 2.12. The number of imidazole rings is 1. The fourth-order valence-electron chi connectivity index (χ4n) is 0.308. The first kappa shape index (κ1) is 5.21. The van der Waals surface area contributed by atoms with E-state index in [-0.39, 0.29) is 5.69 Å². The van der Waals surface area contributed by atoms with Crippen molar-refractivity contribution in [3.63, 3.8) is 0 Å². The van der Waals surface area contributed by atoms with Crippen LogP contribution < -0.4 is 0 Å². The van der Waals surface area contributed by atoms with Crippen molar-refractivity contribution in [1.29, 1.82) is 0 Å². The van der Waals surface area contributed by atoms with E-state index in [4.69, 9.17) is 0 Å². The molecule has 1 aromatic rings. The molecule has 0 aliphatic rings. The van der Waals surface area contributed by atoms with Crippen LogP contribution in [0.3, 0.4) is 0 Å². The molecule has 0 aliphatic carbocycles. The highest BCUT2D eigenvalue weighted by Gasteiger charge is 2.06. The van der Waals surface area contributed by atoms with Gasteiger partial charge in [0.05, 0.1) is 0 Å². The van der Waals surface area contributed by atoms with Gasteiger partial charge in [0, 0.05) is 0 Å². The van der Waals surface area contributed by atoms with Gasteiger partial charge in [0.15, 0.2) is 6.33 Å². The molecule has 0 amide bonds. The van der Waals surface area contributed by atoms with E-state index < -0.39 is 6.43 Å². The fraction of sp³-hybridized carbons (Fsp3) is 0.250. The maximum atomic E-state index is 11.5. The van der Waals surface area contributed by atoms with Gasteiger partial charge in [-0.3, -0.25) is 0 Å². The van der Waals surface area contributed by atoms with Crippen molar-refractivity contribution in [2.45, 2.75) is 6.43 Å². The lowest BCUT2D eigenvalue weighted by atomic mass is 10.5. The molecule has 0 saturated carbocycles. The fourth-order valence-corrected chi connectivity index (χ4v) is 0.308. The zero-order valence-corrected chi connectivity index (χ0v) is 3.78. The van der Waals surface area contributed by atoms with E-state index in [1.165, 1.54) is 0 Å². The van der Waals surface area contributed by atoms with Crippen molar-refractivity contribution in [3.8, 4) is 0 Å². The average molecular weight is 116 g/mol. The summed E-state index contributed by atoms with van der Waals surface area (Å²) in [5.41, 5.74) is -0.315. The van der Waals surface area contributed by atoms with E-state index in [1.807, 2.05) is 6.20 Å². The monoisotopic (exact) mass is 116 g/mol. The van der Waals surface area contributed by atoms with Crippen LogP contribution in [0.2, 0.25) is 0 Å². The smallest absolute Gasteiger partial charge is 0.280 e. The summed E-state index contributed by atoms with van der Waals surface area (Å²) in [6.45, 7) is 0. The first-order valence-electron chi connectivity index (χ1n) is 1.92. The van der Waals surface area contributed by atoms with Crippen LogP contribution in [0.15, 0.2) is 0 Å². The summed E-state index contributed by atoms with van der Waals surface area (Å²) < 4.78 is 23.0. The first-order valence-corrected chi connectivity index (χ1v) is 1.92. The molecule has 0 spiro atoms. The lowest BCUT2D eigenvalue weighted by Crippen LogP contribution is -1.80. The second-order valence-corrected chi connectivity index (χ2v) is 1.17. The molecule has 1 aromatic heterocycles. The largest absolute Gasteiger partial charge is 0.334 e. The molecule has 1 rings (SSSR count). The lowest BCUT2D eigenvalue weighted by molar-refractivity contribution is 0.146. The predicted octanol–water partition coefficient (Wildman–Crippen LogP) is 0.948. The number of rotatable bonds is 1.